The van der Waals surface area contributed by atoms with Crippen molar-refractivity contribution in [3.05, 3.63) is 87.8 Å². The van der Waals surface area contributed by atoms with E-state index >= 15 is 0 Å². The molecule has 0 saturated carbocycles. The first-order valence-corrected chi connectivity index (χ1v) is 24.5. The normalized spacial score (nSPS) is 19.0. The molecule has 1 fully saturated rings. The van der Waals surface area contributed by atoms with Gasteiger partial charge in [0.25, 0.3) is 11.5 Å². The Labute approximate surface area is 387 Å². The quantitative estimate of drug-likeness (QED) is 0.0281. The van der Waals surface area contributed by atoms with Crippen molar-refractivity contribution in [2.75, 3.05) is 58.5 Å². The number of fused-ring (bicyclic) bond motifs is 3. The third-order valence-corrected chi connectivity index (χ3v) is 14.1. The number of nitrogens with one attached hydrogen (secondary N) is 3. The molecule has 1 saturated heterocycles. The SMILES string of the molecule is CN(C)c1ccc2c(-c3ccc(C(=O)NCCNC(=O)O[C@H]4[C@@H](O)[C@H](n5cnc6c(=O)[nH]c(N)nc65)O[C@@H]4COP(=O)(O)OP(=O)(O)OP(=O)(O)O)cc3C(=O)O)c3ccc(=[N+](C)C)cc-3oc2c1. The van der Waals surface area contributed by atoms with Gasteiger partial charge in [0, 0.05) is 67.1 Å². The van der Waals surface area contributed by atoms with Crippen molar-refractivity contribution >= 4 is 75.2 Å². The number of amides is 2. The van der Waals surface area contributed by atoms with Crippen LogP contribution in [0.4, 0.5) is 16.4 Å². The number of rotatable bonds is 16. The number of aliphatic hydroxyl groups is 1. The van der Waals surface area contributed by atoms with Crippen LogP contribution in [-0.4, -0.2) is 133 Å². The molecule has 368 valence electrons. The van der Waals surface area contributed by atoms with E-state index in [1.165, 1.54) is 18.2 Å². The molecule has 28 nitrogen and oxygen atoms in total. The van der Waals surface area contributed by atoms with Gasteiger partial charge in [-0.05, 0) is 35.9 Å². The fourth-order valence-corrected chi connectivity index (χ4v) is 10.3. The highest BCUT2D eigenvalue weighted by Gasteiger charge is 2.50. The molecule has 2 aliphatic heterocycles. The Morgan fingerprint density at radius 2 is 1.67 bits per heavy atom. The Kier molecular flexibility index (Phi) is 14.3. The number of imidazole rings is 1. The number of carboxylic acids is 1. The summed E-state index contributed by atoms with van der Waals surface area (Å²) >= 11 is 0. The van der Waals surface area contributed by atoms with Crippen LogP contribution >= 0.6 is 23.5 Å². The number of hydrogen-bond donors (Lipinski definition) is 10. The maximum atomic E-state index is 13.4. The average molecular weight is 1020 g/mol. The minimum atomic E-state index is -5.94. The molecule has 11 N–H and O–H groups in total. The number of H-pyrrole nitrogens is 1. The number of nitrogens with zero attached hydrogens (tertiary/aromatic N) is 5. The number of nitrogen functional groups attached to an aromatic ring is 1. The number of ether oxygens (including phenoxy) is 2. The first-order valence-electron chi connectivity index (χ1n) is 19.9. The first-order chi connectivity index (χ1) is 32.3. The fourth-order valence-electron chi connectivity index (χ4n) is 7.23. The van der Waals surface area contributed by atoms with E-state index in [9.17, 15) is 52.9 Å². The van der Waals surface area contributed by atoms with E-state index in [0.717, 1.165) is 21.9 Å². The minimum absolute atomic E-state index is 0.0425. The number of carbonyl (C=O) groups is 3. The van der Waals surface area contributed by atoms with E-state index in [-0.39, 0.29) is 41.3 Å². The molecule has 6 atom stereocenters. The molecule has 4 aromatic rings. The summed E-state index contributed by atoms with van der Waals surface area (Å²) < 4.78 is 67.9. The van der Waals surface area contributed by atoms with Crippen LogP contribution in [0.15, 0.2) is 70.1 Å². The van der Waals surface area contributed by atoms with Gasteiger partial charge in [0.15, 0.2) is 23.5 Å². The number of aromatic nitrogens is 4. The van der Waals surface area contributed by atoms with Crippen LogP contribution in [0, 0.1) is 0 Å². The van der Waals surface area contributed by atoms with Crippen molar-refractivity contribution in [1.29, 1.82) is 0 Å². The molecule has 1 aliphatic carbocycles. The Bertz CT molecular complexity index is 3260. The number of carbonyl (C=O) groups excluding carboxylic acids is 2. The van der Waals surface area contributed by atoms with Crippen molar-refractivity contribution in [2.24, 2.45) is 0 Å². The summed E-state index contributed by atoms with van der Waals surface area (Å²) in [7, 11) is -9.93. The van der Waals surface area contributed by atoms with Gasteiger partial charge in [0.05, 0.1) is 24.6 Å². The summed E-state index contributed by atoms with van der Waals surface area (Å²) in [6, 6.07) is 15.2. The zero-order valence-corrected chi connectivity index (χ0v) is 39.0. The molecule has 0 bridgehead atoms. The van der Waals surface area contributed by atoms with Crippen LogP contribution in [0.25, 0.3) is 44.6 Å². The lowest BCUT2D eigenvalue weighted by molar-refractivity contribution is -0.0508. The van der Waals surface area contributed by atoms with Crippen molar-refractivity contribution in [3.63, 3.8) is 0 Å². The van der Waals surface area contributed by atoms with Crippen molar-refractivity contribution in [3.8, 4) is 22.5 Å². The van der Waals surface area contributed by atoms with E-state index in [0.29, 0.717) is 33.4 Å². The second-order valence-electron chi connectivity index (χ2n) is 15.5. The molecule has 2 aromatic heterocycles. The summed E-state index contributed by atoms with van der Waals surface area (Å²) in [5, 5.41) is 28.1. The zero-order chi connectivity index (χ0) is 50.3. The molecule has 4 heterocycles. The number of anilines is 2. The number of alkyl carbamates (subject to hydrolysis) is 1. The number of nitrogens with two attached hydrogens (primary N) is 1. The molecule has 2 amide bonds. The van der Waals surface area contributed by atoms with Gasteiger partial charge in [0.1, 0.15) is 37.6 Å². The molecular formula is C38H43N9O19P3+. The summed E-state index contributed by atoms with van der Waals surface area (Å²) in [6.07, 6.45) is -7.41. The predicted molar refractivity (Wildman–Crippen MR) is 240 cm³/mol. The molecule has 31 heteroatoms. The van der Waals surface area contributed by atoms with Crippen molar-refractivity contribution < 1.29 is 84.9 Å². The Hall–Kier alpha value is -6.38. The highest BCUT2D eigenvalue weighted by atomic mass is 31.3. The Morgan fingerprint density at radius 3 is 2.35 bits per heavy atom. The van der Waals surface area contributed by atoms with Gasteiger partial charge < -0.3 is 64.9 Å². The molecule has 7 rings (SSSR count). The fraction of sp³-hybridized carbons (Fsp3) is 0.289. The van der Waals surface area contributed by atoms with Crippen LogP contribution in [0.1, 0.15) is 26.9 Å². The van der Waals surface area contributed by atoms with Gasteiger partial charge in [-0.15, -0.1) is 0 Å². The van der Waals surface area contributed by atoms with Crippen molar-refractivity contribution in [2.45, 2.75) is 24.5 Å². The smallest absolute Gasteiger partial charge is 0.478 e. The molecular weight excluding hydrogens is 979 g/mol. The molecule has 0 spiro atoms. The second-order valence-corrected chi connectivity index (χ2v) is 19.9. The number of phosphoric acid groups is 3. The standard InChI is InChI=1S/C38H42N9O19P3/c1-45(2)19-6-9-22-25(14-19)62-26-15-20(46(3)4)7-10-23(26)28(22)21-8-5-18(13-24(21)36(51)52)33(49)40-11-12-41-38(53)64-31-27(16-61-68(57,58)66-69(59,60)65-67(54,55)56)63-35(30(31)48)47-17-42-29-32(47)43-37(39)44-34(29)50/h5-10,13-15,17,27,30-31,35,48H,11-12,16H2,1-4H3,(H9-,39,40,41,43,44,49,50,51,52,53,54,55,56,57,58,59,60)/p+1/t27-,30-,31-,35-/m1/s1. The van der Waals surface area contributed by atoms with Gasteiger partial charge in [-0.3, -0.25) is 23.7 Å². The third kappa shape index (κ3) is 11.4. The lowest BCUT2D eigenvalue weighted by Crippen LogP contribution is -2.42. The van der Waals surface area contributed by atoms with Gasteiger partial charge in [-0.2, -0.15) is 13.6 Å². The van der Waals surface area contributed by atoms with Gasteiger partial charge in [0.2, 0.25) is 11.3 Å². The molecule has 69 heavy (non-hydrogen) atoms. The van der Waals surface area contributed by atoms with Crippen LogP contribution in [0.5, 0.6) is 0 Å². The first kappa shape index (κ1) is 50.5. The molecule has 2 unspecified atom stereocenters. The number of benzene rings is 3. The van der Waals surface area contributed by atoms with E-state index in [1.54, 1.807) is 0 Å². The monoisotopic (exact) mass is 1020 g/mol. The van der Waals surface area contributed by atoms with Crippen LogP contribution in [0.2, 0.25) is 0 Å². The third-order valence-electron chi connectivity index (χ3n) is 10.3. The largest absolute Gasteiger partial charge is 0.490 e. The Balaban J connectivity index is 1.06. The number of phosphoric ester groups is 1. The molecule has 2 aromatic carbocycles. The summed E-state index contributed by atoms with van der Waals surface area (Å²) in [4.78, 5) is 101. The maximum absolute atomic E-state index is 13.4. The molecule has 0 radical (unpaired) electrons. The number of carboxylic acid groups (broad SMARTS) is 1. The number of aromatic amines is 1. The van der Waals surface area contributed by atoms with E-state index < -0.39 is 78.1 Å². The van der Waals surface area contributed by atoms with Crippen LogP contribution < -0.4 is 36.8 Å². The van der Waals surface area contributed by atoms with Crippen LogP contribution in [-0.2, 0) is 36.3 Å². The average Bonchev–Trinajstić information content (AvgIpc) is 3.81. The summed E-state index contributed by atoms with van der Waals surface area (Å²) in [5.41, 5.74) is 6.97. The topological polar surface area (TPSA) is 403 Å². The summed E-state index contributed by atoms with van der Waals surface area (Å²) in [6.45, 7) is -1.78. The van der Waals surface area contributed by atoms with E-state index in [2.05, 4.69) is 38.7 Å². The van der Waals surface area contributed by atoms with Crippen LogP contribution in [0.3, 0.4) is 0 Å². The minimum Gasteiger partial charge on any atom is -0.478 e. The maximum Gasteiger partial charge on any atom is 0.490 e. The number of aromatic carboxylic acids is 1. The number of aliphatic hydroxyl groups excluding tert-OH is 1. The number of hydrogen-bond acceptors (Lipinski definition) is 18. The van der Waals surface area contributed by atoms with Gasteiger partial charge >= 0.3 is 35.5 Å². The van der Waals surface area contributed by atoms with Gasteiger partial charge in [-0.1, -0.05) is 6.07 Å². The Morgan fingerprint density at radius 1 is 0.957 bits per heavy atom. The predicted octanol–water partition coefficient (Wildman–Crippen LogP) is 1.14. The molecule has 3 aliphatic rings. The summed E-state index contributed by atoms with van der Waals surface area (Å²) in [5.74, 6) is -1.92. The van der Waals surface area contributed by atoms with E-state index in [1.807, 2.05) is 74.1 Å². The lowest BCUT2D eigenvalue weighted by atomic mass is 9.89. The second kappa shape index (κ2) is 19.6. The van der Waals surface area contributed by atoms with E-state index in [4.69, 9.17) is 29.4 Å². The zero-order valence-electron chi connectivity index (χ0n) is 36.3. The highest BCUT2D eigenvalue weighted by molar-refractivity contribution is 7.66. The lowest BCUT2D eigenvalue weighted by Gasteiger charge is -2.22. The van der Waals surface area contributed by atoms with Crippen molar-refractivity contribution in [1.82, 2.24) is 34.7 Å². The van der Waals surface area contributed by atoms with Gasteiger partial charge in [-0.25, -0.2) is 32.8 Å². The highest BCUT2D eigenvalue weighted by Crippen LogP contribution is 2.66.